The van der Waals surface area contributed by atoms with Gasteiger partial charge in [0.05, 0.1) is 12.2 Å². The summed E-state index contributed by atoms with van der Waals surface area (Å²) in [6, 6.07) is 14.6. The van der Waals surface area contributed by atoms with Crippen molar-refractivity contribution in [2.75, 3.05) is 6.79 Å². The Morgan fingerprint density at radius 1 is 1.19 bits per heavy atom. The second kappa shape index (κ2) is 7.52. The van der Waals surface area contributed by atoms with Gasteiger partial charge in [-0.3, -0.25) is 0 Å². The van der Waals surface area contributed by atoms with Crippen LogP contribution in [0.25, 0.3) is 0 Å². The van der Waals surface area contributed by atoms with E-state index in [0.29, 0.717) is 22.9 Å². The number of halogens is 1. The summed E-state index contributed by atoms with van der Waals surface area (Å²) in [6.45, 7) is 0.460. The number of rotatable bonds is 6. The van der Waals surface area contributed by atoms with E-state index in [1.165, 1.54) is 0 Å². The van der Waals surface area contributed by atoms with E-state index in [0.717, 1.165) is 5.56 Å². The summed E-state index contributed by atoms with van der Waals surface area (Å²) in [5.74, 6) is 0.343. The third-order valence-electron chi connectivity index (χ3n) is 2.74. The molecule has 0 radical (unpaired) electrons. The lowest BCUT2D eigenvalue weighted by Gasteiger charge is -2.11. The van der Waals surface area contributed by atoms with Crippen LogP contribution in [0.2, 0.25) is 5.02 Å². The van der Waals surface area contributed by atoms with Crippen molar-refractivity contribution in [3.8, 4) is 5.75 Å². The lowest BCUT2D eigenvalue weighted by atomic mass is 10.2. The van der Waals surface area contributed by atoms with Gasteiger partial charge < -0.3 is 20.4 Å². The topological polar surface area (TPSA) is 77.1 Å². The Labute approximate surface area is 127 Å². The molecule has 0 saturated carbocycles. The molecule has 3 N–H and O–H groups in total. The summed E-state index contributed by atoms with van der Waals surface area (Å²) >= 11 is 5.91. The molecule has 0 aromatic heterocycles. The Morgan fingerprint density at radius 2 is 1.95 bits per heavy atom. The van der Waals surface area contributed by atoms with Crippen molar-refractivity contribution in [2.45, 2.75) is 6.61 Å². The maximum atomic E-state index is 8.75. The first-order valence-electron chi connectivity index (χ1n) is 6.22. The van der Waals surface area contributed by atoms with Crippen LogP contribution >= 0.6 is 11.6 Å². The fourth-order valence-electron chi connectivity index (χ4n) is 1.72. The first-order valence-corrected chi connectivity index (χ1v) is 6.60. The third kappa shape index (κ3) is 4.37. The zero-order valence-corrected chi connectivity index (χ0v) is 12.0. The van der Waals surface area contributed by atoms with Gasteiger partial charge in [-0.1, -0.05) is 47.1 Å². The van der Waals surface area contributed by atoms with Gasteiger partial charge in [-0.15, -0.1) is 0 Å². The fourth-order valence-corrected chi connectivity index (χ4v) is 1.88. The molecule has 5 nitrogen and oxygen atoms in total. The Hall–Kier alpha value is -2.24. The number of oxime groups is 1. The highest BCUT2D eigenvalue weighted by molar-refractivity contribution is 6.30. The molecule has 0 bridgehead atoms. The highest BCUT2D eigenvalue weighted by Gasteiger charge is 2.09. The van der Waals surface area contributed by atoms with Crippen LogP contribution in [0.15, 0.2) is 53.7 Å². The van der Waals surface area contributed by atoms with E-state index in [1.807, 2.05) is 30.3 Å². The molecule has 0 unspecified atom stereocenters. The predicted molar refractivity (Wildman–Crippen MR) is 80.7 cm³/mol. The van der Waals surface area contributed by atoms with Gasteiger partial charge in [0.1, 0.15) is 5.75 Å². The fraction of sp³-hybridized carbons (Fsp3) is 0.133. The molecule has 6 heteroatoms. The van der Waals surface area contributed by atoms with Crippen molar-refractivity contribution in [1.29, 1.82) is 0 Å². The van der Waals surface area contributed by atoms with Crippen molar-refractivity contribution in [3.05, 3.63) is 64.7 Å². The van der Waals surface area contributed by atoms with E-state index >= 15 is 0 Å². The van der Waals surface area contributed by atoms with Crippen LogP contribution in [0.4, 0.5) is 0 Å². The molecule has 2 aromatic rings. The molecule has 0 amide bonds. The summed E-state index contributed by atoms with van der Waals surface area (Å²) in [7, 11) is 0. The maximum absolute atomic E-state index is 8.75. The van der Waals surface area contributed by atoms with Gasteiger partial charge >= 0.3 is 0 Å². The Kier molecular flexibility index (Phi) is 5.43. The normalized spacial score (nSPS) is 11.4. The van der Waals surface area contributed by atoms with Crippen LogP contribution in [0.1, 0.15) is 11.1 Å². The molecule has 0 spiro atoms. The number of nitrogens with zero attached hydrogens (tertiary/aromatic N) is 1. The van der Waals surface area contributed by atoms with Crippen molar-refractivity contribution < 1.29 is 14.7 Å². The molecular weight excluding hydrogens is 292 g/mol. The molecule has 0 aliphatic rings. The molecule has 0 aliphatic carbocycles. The number of benzene rings is 2. The van der Waals surface area contributed by atoms with E-state index in [-0.39, 0.29) is 12.6 Å². The largest absolute Gasteiger partial charge is 0.467 e. The minimum absolute atomic E-state index is 0.0287. The minimum Gasteiger partial charge on any atom is -0.467 e. The third-order valence-corrected chi connectivity index (χ3v) is 2.97. The molecule has 0 fully saturated rings. The van der Waals surface area contributed by atoms with Crippen LogP contribution in [0, 0.1) is 0 Å². The molecule has 110 valence electrons. The van der Waals surface area contributed by atoms with Crippen molar-refractivity contribution in [1.82, 2.24) is 0 Å². The van der Waals surface area contributed by atoms with Crippen LogP contribution < -0.4 is 10.5 Å². The molecule has 0 atom stereocenters. The van der Waals surface area contributed by atoms with E-state index in [2.05, 4.69) is 5.16 Å². The average molecular weight is 307 g/mol. The van der Waals surface area contributed by atoms with Gasteiger partial charge in [-0.2, -0.15) is 0 Å². The quantitative estimate of drug-likeness (QED) is 0.215. The van der Waals surface area contributed by atoms with Crippen LogP contribution in [-0.4, -0.2) is 17.8 Å². The van der Waals surface area contributed by atoms with Gasteiger partial charge in [0.2, 0.25) is 0 Å². The standard InChI is InChI=1S/C15H15ClN2O3/c16-12-6-7-13(15(17)18-19)14(8-12)21-10-20-9-11-4-2-1-3-5-11/h1-8,19H,9-10H2,(H2,17,18). The Balaban J connectivity index is 1.95. The van der Waals surface area contributed by atoms with Crippen molar-refractivity contribution >= 4 is 17.4 Å². The second-order valence-electron chi connectivity index (χ2n) is 4.22. The summed E-state index contributed by atoms with van der Waals surface area (Å²) in [6.07, 6.45) is 0. The van der Waals surface area contributed by atoms with E-state index in [9.17, 15) is 0 Å². The summed E-state index contributed by atoms with van der Waals surface area (Å²) in [5, 5.41) is 12.2. The Bertz CT molecular complexity index is 618. The van der Waals surface area contributed by atoms with Crippen molar-refractivity contribution in [3.63, 3.8) is 0 Å². The summed E-state index contributed by atoms with van der Waals surface area (Å²) < 4.78 is 10.9. The molecule has 2 aromatic carbocycles. The molecule has 0 aliphatic heterocycles. The molecule has 0 saturated heterocycles. The van der Waals surface area contributed by atoms with Gasteiger partial charge in [0.25, 0.3) is 0 Å². The monoisotopic (exact) mass is 306 g/mol. The number of ether oxygens (including phenoxy) is 2. The van der Waals surface area contributed by atoms with Crippen LogP contribution in [0.3, 0.4) is 0 Å². The molecule has 21 heavy (non-hydrogen) atoms. The molecule has 0 heterocycles. The summed E-state index contributed by atoms with van der Waals surface area (Å²) in [5.41, 5.74) is 7.07. The number of amidine groups is 1. The van der Waals surface area contributed by atoms with Crippen LogP contribution in [0.5, 0.6) is 5.75 Å². The number of hydrogen-bond acceptors (Lipinski definition) is 4. The Morgan fingerprint density at radius 3 is 2.67 bits per heavy atom. The van der Waals surface area contributed by atoms with Gasteiger partial charge in [-0.25, -0.2) is 0 Å². The smallest absolute Gasteiger partial charge is 0.189 e. The highest BCUT2D eigenvalue weighted by atomic mass is 35.5. The van der Waals surface area contributed by atoms with E-state index < -0.39 is 0 Å². The first-order chi connectivity index (χ1) is 10.2. The predicted octanol–water partition coefficient (Wildman–Crippen LogP) is 2.99. The van der Waals surface area contributed by atoms with E-state index in [1.54, 1.807) is 18.2 Å². The SMILES string of the molecule is N/C(=N/O)c1ccc(Cl)cc1OCOCc1ccccc1. The lowest BCUT2D eigenvalue weighted by molar-refractivity contribution is 0.00494. The van der Waals surface area contributed by atoms with Crippen molar-refractivity contribution in [2.24, 2.45) is 10.9 Å². The lowest BCUT2D eigenvalue weighted by Crippen LogP contribution is -2.15. The zero-order valence-electron chi connectivity index (χ0n) is 11.2. The van der Waals surface area contributed by atoms with E-state index in [4.69, 9.17) is 32.0 Å². The molecular formula is C15H15ClN2O3. The molecule has 2 rings (SSSR count). The van der Waals surface area contributed by atoms with Crippen LogP contribution in [-0.2, 0) is 11.3 Å². The van der Waals surface area contributed by atoms with Gasteiger partial charge in [0.15, 0.2) is 12.6 Å². The number of nitrogens with two attached hydrogens (primary N) is 1. The number of hydrogen-bond donors (Lipinski definition) is 2. The maximum Gasteiger partial charge on any atom is 0.189 e. The minimum atomic E-state index is -0.0512. The van der Waals surface area contributed by atoms with Gasteiger partial charge in [0, 0.05) is 5.02 Å². The average Bonchev–Trinajstić information content (AvgIpc) is 2.52. The second-order valence-corrected chi connectivity index (χ2v) is 4.66. The van der Waals surface area contributed by atoms with Gasteiger partial charge in [-0.05, 0) is 23.8 Å². The zero-order chi connectivity index (χ0) is 15.1. The highest BCUT2D eigenvalue weighted by Crippen LogP contribution is 2.23. The summed E-state index contributed by atoms with van der Waals surface area (Å²) in [4.78, 5) is 0. The first kappa shape index (κ1) is 15.2.